The molecular weight excluding hydrogens is 374 g/mol. The quantitative estimate of drug-likeness (QED) is 0.595. The average Bonchev–Trinajstić information content (AvgIpc) is 2.70. The molecule has 0 aliphatic carbocycles. The Morgan fingerprint density at radius 3 is 2.45 bits per heavy atom. The van der Waals surface area contributed by atoms with Crippen molar-refractivity contribution >= 4 is 29.3 Å². The van der Waals surface area contributed by atoms with E-state index in [2.05, 4.69) is 10.6 Å². The Kier molecular flexibility index (Phi) is 6.82. The molecule has 9 heteroatoms. The number of amides is 4. The van der Waals surface area contributed by atoms with Crippen molar-refractivity contribution < 1.29 is 19.2 Å². The van der Waals surface area contributed by atoms with Gasteiger partial charge >= 0.3 is 0 Å². The number of anilines is 1. The van der Waals surface area contributed by atoms with Gasteiger partial charge in [0.25, 0.3) is 0 Å². The number of benzene rings is 1. The van der Waals surface area contributed by atoms with Crippen molar-refractivity contribution in [1.29, 1.82) is 0 Å². The smallest absolute Gasteiger partial charge is 0.243 e. The van der Waals surface area contributed by atoms with Crippen LogP contribution < -0.4 is 16.4 Å². The summed E-state index contributed by atoms with van der Waals surface area (Å²) in [6.45, 7) is 2.11. The topological polar surface area (TPSA) is 125 Å². The summed E-state index contributed by atoms with van der Waals surface area (Å²) in [4.78, 5) is 52.4. The van der Waals surface area contributed by atoms with Crippen molar-refractivity contribution in [2.75, 3.05) is 38.0 Å². The number of likely N-dealkylation sites (tertiary alicyclic amines) is 1. The molecule has 2 aliphatic heterocycles. The number of hydrogen-bond acceptors (Lipinski definition) is 5. The fraction of sp³-hybridized carbons (Fsp3) is 0.500. The third-order valence-corrected chi connectivity index (χ3v) is 5.44. The molecule has 29 heavy (non-hydrogen) atoms. The molecule has 1 aromatic carbocycles. The SMILES string of the molecule is NC(=O)C1CCN(CC(=O)N2CCNC(=O)[C@H]2CC(=O)Nc2ccccc2)CC1. The maximum atomic E-state index is 12.9. The van der Waals surface area contributed by atoms with E-state index >= 15 is 0 Å². The number of para-hydroxylation sites is 1. The lowest BCUT2D eigenvalue weighted by Gasteiger charge is -2.37. The zero-order chi connectivity index (χ0) is 20.8. The lowest BCUT2D eigenvalue weighted by atomic mass is 9.96. The van der Waals surface area contributed by atoms with E-state index < -0.39 is 6.04 Å². The molecule has 156 valence electrons. The summed E-state index contributed by atoms with van der Waals surface area (Å²) in [6, 6.07) is 8.15. The number of hydrogen-bond donors (Lipinski definition) is 3. The molecule has 9 nitrogen and oxygen atoms in total. The van der Waals surface area contributed by atoms with Crippen molar-refractivity contribution in [2.45, 2.75) is 25.3 Å². The molecule has 2 fully saturated rings. The van der Waals surface area contributed by atoms with Gasteiger partial charge in [-0.25, -0.2) is 0 Å². The zero-order valence-electron chi connectivity index (χ0n) is 16.3. The van der Waals surface area contributed by atoms with Gasteiger partial charge in [-0.1, -0.05) is 18.2 Å². The number of rotatable bonds is 6. The Labute approximate surface area is 169 Å². The predicted octanol–water partition coefficient (Wildman–Crippen LogP) is -0.460. The molecule has 0 unspecified atom stereocenters. The maximum Gasteiger partial charge on any atom is 0.243 e. The van der Waals surface area contributed by atoms with Crippen molar-refractivity contribution in [3.8, 4) is 0 Å². The number of carbonyl (C=O) groups excluding carboxylic acids is 4. The van der Waals surface area contributed by atoms with E-state index in [4.69, 9.17) is 5.73 Å². The van der Waals surface area contributed by atoms with Gasteiger partial charge in [0.15, 0.2) is 0 Å². The molecule has 1 atom stereocenters. The first-order chi connectivity index (χ1) is 13.9. The standard InChI is InChI=1S/C20H27N5O4/c21-19(28)14-6-9-24(10-7-14)13-18(27)25-11-8-22-20(29)16(25)12-17(26)23-15-4-2-1-3-5-15/h1-5,14,16H,6-13H2,(H2,21,28)(H,22,29)(H,23,26)/t16-/m1/s1. The molecule has 1 aromatic rings. The van der Waals surface area contributed by atoms with Gasteiger partial charge in [-0.15, -0.1) is 0 Å². The second-order valence-electron chi connectivity index (χ2n) is 7.47. The average molecular weight is 401 g/mol. The van der Waals surface area contributed by atoms with Crippen molar-refractivity contribution in [1.82, 2.24) is 15.1 Å². The Bertz CT molecular complexity index is 761. The molecular formula is C20H27N5O4. The van der Waals surface area contributed by atoms with Crippen molar-refractivity contribution in [3.63, 3.8) is 0 Å². The number of nitrogens with zero attached hydrogens (tertiary/aromatic N) is 2. The zero-order valence-corrected chi connectivity index (χ0v) is 16.3. The molecule has 0 aromatic heterocycles. The minimum absolute atomic E-state index is 0.101. The number of nitrogens with two attached hydrogens (primary N) is 1. The monoisotopic (exact) mass is 401 g/mol. The van der Waals surface area contributed by atoms with Crippen LogP contribution in [0, 0.1) is 5.92 Å². The first-order valence-corrected chi connectivity index (χ1v) is 9.88. The molecule has 0 radical (unpaired) electrons. The van der Waals surface area contributed by atoms with Gasteiger partial charge in [-0.3, -0.25) is 24.1 Å². The Morgan fingerprint density at radius 2 is 1.79 bits per heavy atom. The number of carbonyl (C=O) groups is 4. The number of piperidine rings is 1. The van der Waals surface area contributed by atoms with Gasteiger partial charge in [-0.05, 0) is 38.1 Å². The van der Waals surface area contributed by atoms with Crippen LogP contribution in [0.3, 0.4) is 0 Å². The number of primary amides is 1. The first kappa shape index (κ1) is 20.8. The normalized spacial score (nSPS) is 20.8. The summed E-state index contributed by atoms with van der Waals surface area (Å²) >= 11 is 0. The Balaban J connectivity index is 1.57. The molecule has 4 N–H and O–H groups in total. The van der Waals surface area contributed by atoms with E-state index in [1.165, 1.54) is 4.90 Å². The van der Waals surface area contributed by atoms with Gasteiger partial charge in [0.05, 0.1) is 13.0 Å². The van der Waals surface area contributed by atoms with Crippen LogP contribution in [0.2, 0.25) is 0 Å². The highest BCUT2D eigenvalue weighted by Crippen LogP contribution is 2.18. The van der Waals surface area contributed by atoms with Crippen molar-refractivity contribution in [2.24, 2.45) is 11.7 Å². The lowest BCUT2D eigenvalue weighted by molar-refractivity contribution is -0.145. The molecule has 4 amide bonds. The van der Waals surface area contributed by atoms with E-state index in [0.717, 1.165) is 0 Å². The summed E-state index contributed by atoms with van der Waals surface area (Å²) in [6.07, 6.45) is 1.16. The van der Waals surface area contributed by atoms with Crippen LogP contribution in [-0.2, 0) is 19.2 Å². The van der Waals surface area contributed by atoms with Crippen LogP contribution in [-0.4, -0.2) is 72.2 Å². The van der Waals surface area contributed by atoms with E-state index in [0.29, 0.717) is 44.7 Å². The maximum absolute atomic E-state index is 12.9. The molecule has 2 aliphatic rings. The van der Waals surface area contributed by atoms with Crippen LogP contribution in [0.25, 0.3) is 0 Å². The fourth-order valence-corrected chi connectivity index (χ4v) is 3.78. The highest BCUT2D eigenvalue weighted by Gasteiger charge is 2.35. The van der Waals surface area contributed by atoms with E-state index in [1.807, 2.05) is 11.0 Å². The molecule has 3 rings (SSSR count). The van der Waals surface area contributed by atoms with Crippen LogP contribution >= 0.6 is 0 Å². The van der Waals surface area contributed by atoms with E-state index in [1.54, 1.807) is 24.3 Å². The molecule has 0 bridgehead atoms. The number of nitrogens with one attached hydrogen (secondary N) is 2. The van der Waals surface area contributed by atoms with E-state index in [9.17, 15) is 19.2 Å². The van der Waals surface area contributed by atoms with Crippen LogP contribution in [0.5, 0.6) is 0 Å². The minimum Gasteiger partial charge on any atom is -0.369 e. The van der Waals surface area contributed by atoms with Crippen LogP contribution in [0.15, 0.2) is 30.3 Å². The minimum atomic E-state index is -0.830. The van der Waals surface area contributed by atoms with Gasteiger partial charge in [0.2, 0.25) is 23.6 Å². The second kappa shape index (κ2) is 9.51. The fourth-order valence-electron chi connectivity index (χ4n) is 3.78. The second-order valence-corrected chi connectivity index (χ2v) is 7.47. The molecule has 2 heterocycles. The van der Waals surface area contributed by atoms with Gasteiger partial charge in [0.1, 0.15) is 6.04 Å². The van der Waals surface area contributed by atoms with Gasteiger partial charge < -0.3 is 21.3 Å². The summed E-state index contributed by atoms with van der Waals surface area (Å²) in [5, 5.41) is 5.49. The molecule has 0 saturated carbocycles. The molecule has 0 spiro atoms. The lowest BCUT2D eigenvalue weighted by Crippen LogP contribution is -2.59. The largest absolute Gasteiger partial charge is 0.369 e. The summed E-state index contributed by atoms with van der Waals surface area (Å²) < 4.78 is 0. The third-order valence-electron chi connectivity index (χ3n) is 5.44. The third kappa shape index (κ3) is 5.54. The van der Waals surface area contributed by atoms with Crippen LogP contribution in [0.1, 0.15) is 19.3 Å². The highest BCUT2D eigenvalue weighted by atomic mass is 16.2. The summed E-state index contributed by atoms with van der Waals surface area (Å²) in [7, 11) is 0. The first-order valence-electron chi connectivity index (χ1n) is 9.88. The predicted molar refractivity (Wildman–Crippen MR) is 107 cm³/mol. The summed E-state index contributed by atoms with van der Waals surface area (Å²) in [5.74, 6) is -1.27. The Hall–Kier alpha value is -2.94. The van der Waals surface area contributed by atoms with Crippen molar-refractivity contribution in [3.05, 3.63) is 30.3 Å². The summed E-state index contributed by atoms with van der Waals surface area (Å²) in [5.41, 5.74) is 5.99. The van der Waals surface area contributed by atoms with Crippen LogP contribution in [0.4, 0.5) is 5.69 Å². The molecule has 2 saturated heterocycles. The van der Waals surface area contributed by atoms with Gasteiger partial charge in [-0.2, -0.15) is 0 Å². The van der Waals surface area contributed by atoms with E-state index in [-0.39, 0.29) is 42.5 Å². The van der Waals surface area contributed by atoms with Gasteiger partial charge in [0, 0.05) is 24.7 Å². The Morgan fingerprint density at radius 1 is 1.10 bits per heavy atom. The highest BCUT2D eigenvalue weighted by molar-refractivity contribution is 5.97. The number of piperazine rings is 1.